The van der Waals surface area contributed by atoms with Gasteiger partial charge in [0.25, 0.3) is 0 Å². The second-order valence-electron chi connectivity index (χ2n) is 8.14. The molecule has 3 aromatic rings. The number of anilines is 4. The fourth-order valence-corrected chi connectivity index (χ4v) is 3.62. The summed E-state index contributed by atoms with van der Waals surface area (Å²) in [7, 11) is 0. The normalized spacial score (nSPS) is 15.0. The molecule has 0 radical (unpaired) electrons. The minimum atomic E-state index is -0.108. The van der Waals surface area contributed by atoms with Crippen LogP contribution in [-0.4, -0.2) is 15.8 Å². The Kier molecular flexibility index (Phi) is 4.59. The second kappa shape index (κ2) is 7.08. The predicted molar refractivity (Wildman–Crippen MR) is 113 cm³/mol. The molecule has 1 aromatic heterocycles. The fourth-order valence-electron chi connectivity index (χ4n) is 3.62. The van der Waals surface area contributed by atoms with Crippen LogP contribution in [0.5, 0.6) is 0 Å². The number of hydrogen-bond donors (Lipinski definition) is 2. The molecule has 2 N–H and O–H groups in total. The van der Waals surface area contributed by atoms with Crippen LogP contribution in [0.25, 0.3) is 0 Å². The van der Waals surface area contributed by atoms with Gasteiger partial charge in [-0.2, -0.15) is 4.98 Å². The number of fused-ring (bicyclic) bond motifs is 1. The molecule has 0 amide bonds. The summed E-state index contributed by atoms with van der Waals surface area (Å²) in [5, 5.41) is 6.61. The molecule has 0 bridgehead atoms. The average Bonchev–Trinajstić information content (AvgIpc) is 2.61. The van der Waals surface area contributed by atoms with E-state index in [0.717, 1.165) is 29.1 Å². The number of aromatic nitrogens is 2. The van der Waals surface area contributed by atoms with E-state index in [0.29, 0.717) is 23.8 Å². The number of rotatable bonds is 4. The Morgan fingerprint density at radius 2 is 1.64 bits per heavy atom. The summed E-state index contributed by atoms with van der Waals surface area (Å²) in [4.78, 5) is 22.2. The fraction of sp³-hybridized carbons (Fsp3) is 0.261. The summed E-state index contributed by atoms with van der Waals surface area (Å²) >= 11 is 0. The second-order valence-corrected chi connectivity index (χ2v) is 8.14. The molecule has 0 saturated heterocycles. The molecular weight excluding hydrogens is 348 g/mol. The van der Waals surface area contributed by atoms with Crippen molar-refractivity contribution in [3.8, 4) is 0 Å². The molecule has 5 heteroatoms. The molecule has 0 atom stereocenters. The number of nitrogens with one attached hydrogen (secondary N) is 2. The van der Waals surface area contributed by atoms with Gasteiger partial charge in [-0.1, -0.05) is 44.2 Å². The molecule has 1 heterocycles. The van der Waals surface area contributed by atoms with E-state index in [1.165, 1.54) is 0 Å². The van der Waals surface area contributed by atoms with Gasteiger partial charge in [-0.25, -0.2) is 4.98 Å². The van der Waals surface area contributed by atoms with Crippen LogP contribution < -0.4 is 10.6 Å². The highest BCUT2D eigenvalue weighted by molar-refractivity contribution is 6.03. The lowest BCUT2D eigenvalue weighted by Gasteiger charge is -2.30. The third-order valence-electron chi connectivity index (χ3n) is 4.86. The third-order valence-corrected chi connectivity index (χ3v) is 4.86. The van der Waals surface area contributed by atoms with Crippen molar-refractivity contribution in [1.82, 2.24) is 9.97 Å². The molecule has 2 aromatic carbocycles. The van der Waals surface area contributed by atoms with Gasteiger partial charge >= 0.3 is 0 Å². The molecule has 0 aliphatic heterocycles. The van der Waals surface area contributed by atoms with Crippen LogP contribution in [0.1, 0.15) is 41.9 Å². The molecule has 0 unspecified atom stereocenters. The Labute approximate surface area is 165 Å². The Morgan fingerprint density at radius 3 is 2.39 bits per heavy atom. The van der Waals surface area contributed by atoms with Crippen molar-refractivity contribution in [3.05, 3.63) is 71.4 Å². The first-order chi connectivity index (χ1) is 13.4. The van der Waals surface area contributed by atoms with Crippen LogP contribution in [-0.2, 0) is 6.42 Å². The number of nitrogens with zero attached hydrogens (tertiary/aromatic N) is 2. The summed E-state index contributed by atoms with van der Waals surface area (Å²) < 4.78 is 0. The minimum absolute atomic E-state index is 0.0904. The molecule has 0 saturated carbocycles. The maximum Gasteiger partial charge on any atom is 0.229 e. The van der Waals surface area contributed by atoms with Crippen LogP contribution in [0.15, 0.2) is 54.6 Å². The molecular formula is C23H24N4O. The number of carbonyl (C=O) groups excluding carboxylic acids is 1. The minimum Gasteiger partial charge on any atom is -0.339 e. The van der Waals surface area contributed by atoms with Crippen molar-refractivity contribution in [2.45, 2.75) is 33.6 Å². The van der Waals surface area contributed by atoms with E-state index in [-0.39, 0.29) is 11.2 Å². The number of Topliss-reactive ketones (excluding diaryl/α,β-unsaturated/α-hetero) is 1. The maximum absolute atomic E-state index is 12.9. The van der Waals surface area contributed by atoms with Crippen molar-refractivity contribution in [2.75, 3.05) is 10.6 Å². The molecule has 0 spiro atoms. The molecule has 28 heavy (non-hydrogen) atoms. The lowest BCUT2D eigenvalue weighted by Crippen LogP contribution is -2.29. The zero-order valence-electron chi connectivity index (χ0n) is 16.4. The number of aryl methyl sites for hydroxylation is 1. The van der Waals surface area contributed by atoms with E-state index in [1.807, 2.05) is 61.5 Å². The largest absolute Gasteiger partial charge is 0.339 e. The van der Waals surface area contributed by atoms with Crippen LogP contribution in [0, 0.1) is 12.3 Å². The van der Waals surface area contributed by atoms with Crippen LogP contribution in [0.2, 0.25) is 0 Å². The van der Waals surface area contributed by atoms with Gasteiger partial charge in [-0.15, -0.1) is 0 Å². The van der Waals surface area contributed by atoms with Crippen LogP contribution >= 0.6 is 0 Å². The van der Waals surface area contributed by atoms with Crippen molar-refractivity contribution in [2.24, 2.45) is 5.41 Å². The number of hydrogen-bond acceptors (Lipinski definition) is 5. The van der Waals surface area contributed by atoms with E-state index in [9.17, 15) is 4.79 Å². The first-order valence-corrected chi connectivity index (χ1v) is 9.49. The maximum atomic E-state index is 12.9. The first kappa shape index (κ1) is 18.2. The van der Waals surface area contributed by atoms with E-state index < -0.39 is 0 Å². The van der Waals surface area contributed by atoms with Gasteiger partial charge in [-0.05, 0) is 48.6 Å². The van der Waals surface area contributed by atoms with Crippen molar-refractivity contribution >= 4 is 28.9 Å². The standard InChI is InChI=1S/C23H24N4O/c1-15-8-7-11-17(12-15)24-21-20-18(13-23(2,3)14-19(20)28)26-22(27-21)25-16-9-5-4-6-10-16/h4-12H,13-14H2,1-3H3,(H2,24,25,26,27). The molecule has 4 rings (SSSR count). The quantitative estimate of drug-likeness (QED) is 0.639. The molecule has 142 valence electrons. The zero-order valence-corrected chi connectivity index (χ0v) is 16.4. The number of carbonyl (C=O) groups is 1. The average molecular weight is 372 g/mol. The van der Waals surface area contributed by atoms with Gasteiger partial charge in [0, 0.05) is 17.8 Å². The van der Waals surface area contributed by atoms with Crippen molar-refractivity contribution in [3.63, 3.8) is 0 Å². The summed E-state index contributed by atoms with van der Waals surface area (Å²) in [6, 6.07) is 17.8. The van der Waals surface area contributed by atoms with Gasteiger partial charge in [0.2, 0.25) is 5.95 Å². The summed E-state index contributed by atoms with van der Waals surface area (Å²) in [5.41, 5.74) is 4.25. The highest BCUT2D eigenvalue weighted by Crippen LogP contribution is 2.37. The Bertz CT molecular complexity index is 1030. The predicted octanol–water partition coefficient (Wildman–Crippen LogP) is 5.43. The Balaban J connectivity index is 1.78. The van der Waals surface area contributed by atoms with E-state index in [2.05, 4.69) is 29.5 Å². The van der Waals surface area contributed by atoms with E-state index >= 15 is 0 Å². The first-order valence-electron chi connectivity index (χ1n) is 9.49. The highest BCUT2D eigenvalue weighted by Gasteiger charge is 2.35. The topological polar surface area (TPSA) is 66.9 Å². The van der Waals surface area contributed by atoms with E-state index in [1.54, 1.807) is 0 Å². The zero-order chi connectivity index (χ0) is 19.7. The lowest BCUT2D eigenvalue weighted by molar-refractivity contribution is 0.0911. The summed E-state index contributed by atoms with van der Waals surface area (Å²) in [6.07, 6.45) is 1.24. The van der Waals surface area contributed by atoms with Crippen LogP contribution in [0.4, 0.5) is 23.1 Å². The van der Waals surface area contributed by atoms with Gasteiger partial charge in [0.05, 0.1) is 11.3 Å². The van der Waals surface area contributed by atoms with Gasteiger partial charge in [0.1, 0.15) is 5.82 Å². The molecule has 5 nitrogen and oxygen atoms in total. The monoisotopic (exact) mass is 372 g/mol. The summed E-state index contributed by atoms with van der Waals surface area (Å²) in [6.45, 7) is 6.25. The SMILES string of the molecule is Cc1cccc(Nc2nc(Nc3ccccc3)nc3c2C(=O)CC(C)(C)C3)c1. The Morgan fingerprint density at radius 1 is 0.893 bits per heavy atom. The van der Waals surface area contributed by atoms with Gasteiger partial charge < -0.3 is 10.6 Å². The molecule has 0 fully saturated rings. The molecule has 1 aliphatic rings. The Hall–Kier alpha value is -3.21. The van der Waals surface area contributed by atoms with Crippen molar-refractivity contribution < 1.29 is 4.79 Å². The number of ketones is 1. The van der Waals surface area contributed by atoms with Crippen LogP contribution in [0.3, 0.4) is 0 Å². The third kappa shape index (κ3) is 3.88. The lowest BCUT2D eigenvalue weighted by atomic mass is 9.75. The van der Waals surface area contributed by atoms with Crippen molar-refractivity contribution in [1.29, 1.82) is 0 Å². The molecule has 1 aliphatic carbocycles. The van der Waals surface area contributed by atoms with Gasteiger partial charge in [-0.3, -0.25) is 4.79 Å². The summed E-state index contributed by atoms with van der Waals surface area (Å²) in [5.74, 6) is 1.15. The van der Waals surface area contributed by atoms with E-state index in [4.69, 9.17) is 4.98 Å². The number of benzene rings is 2. The van der Waals surface area contributed by atoms with Gasteiger partial charge in [0.15, 0.2) is 5.78 Å². The number of para-hydroxylation sites is 1. The highest BCUT2D eigenvalue weighted by atomic mass is 16.1. The smallest absolute Gasteiger partial charge is 0.229 e.